The summed E-state index contributed by atoms with van der Waals surface area (Å²) in [5.41, 5.74) is 0.963. The van der Waals surface area contributed by atoms with Gasteiger partial charge >= 0.3 is 0 Å². The smallest absolute Gasteiger partial charge is 0.261 e. The molecule has 0 saturated heterocycles. The van der Waals surface area contributed by atoms with Gasteiger partial charge in [0.25, 0.3) is 5.91 Å². The van der Waals surface area contributed by atoms with Gasteiger partial charge < -0.3 is 19.7 Å². The number of nitrogens with zero attached hydrogens (tertiary/aromatic N) is 1. The summed E-state index contributed by atoms with van der Waals surface area (Å²) in [5.74, 6) is 0.912. The number of rotatable bonds is 11. The van der Waals surface area contributed by atoms with Gasteiger partial charge in [-0.2, -0.15) is 0 Å². The molecule has 0 aliphatic carbocycles. The molecular formula is C24H32N2O4. The van der Waals surface area contributed by atoms with Crippen LogP contribution in [0.5, 0.6) is 11.5 Å². The fraction of sp³-hybridized carbons (Fsp3) is 0.417. The molecule has 30 heavy (non-hydrogen) atoms. The zero-order valence-corrected chi connectivity index (χ0v) is 18.3. The largest absolute Gasteiger partial charge is 0.497 e. The molecule has 0 radical (unpaired) electrons. The van der Waals surface area contributed by atoms with Crippen LogP contribution in [0.15, 0.2) is 54.6 Å². The zero-order valence-electron chi connectivity index (χ0n) is 18.3. The van der Waals surface area contributed by atoms with Crippen molar-refractivity contribution in [3.8, 4) is 11.5 Å². The highest BCUT2D eigenvalue weighted by molar-refractivity contribution is 5.88. The third-order valence-electron chi connectivity index (χ3n) is 5.00. The van der Waals surface area contributed by atoms with E-state index in [9.17, 15) is 9.59 Å². The highest BCUT2D eigenvalue weighted by Crippen LogP contribution is 2.18. The number of nitrogens with one attached hydrogen (secondary N) is 1. The van der Waals surface area contributed by atoms with Crippen LogP contribution in [0.25, 0.3) is 0 Å². The molecule has 0 spiro atoms. The highest BCUT2D eigenvalue weighted by atomic mass is 16.5. The molecular weight excluding hydrogens is 380 g/mol. The molecule has 162 valence electrons. The number of benzene rings is 2. The minimum atomic E-state index is -0.564. The molecule has 2 atom stereocenters. The summed E-state index contributed by atoms with van der Waals surface area (Å²) >= 11 is 0. The summed E-state index contributed by atoms with van der Waals surface area (Å²) < 4.78 is 10.8. The molecule has 2 aromatic carbocycles. The zero-order chi connectivity index (χ0) is 21.9. The van der Waals surface area contributed by atoms with Crippen molar-refractivity contribution >= 4 is 11.8 Å². The van der Waals surface area contributed by atoms with Gasteiger partial charge in [0.15, 0.2) is 6.61 Å². The molecule has 0 heterocycles. The predicted molar refractivity (Wildman–Crippen MR) is 117 cm³/mol. The van der Waals surface area contributed by atoms with E-state index in [1.54, 1.807) is 36.3 Å². The van der Waals surface area contributed by atoms with Crippen molar-refractivity contribution in [1.82, 2.24) is 10.2 Å². The summed E-state index contributed by atoms with van der Waals surface area (Å²) in [5, 5.41) is 3.00. The summed E-state index contributed by atoms with van der Waals surface area (Å²) in [4.78, 5) is 27.6. The first kappa shape index (κ1) is 23.3. The Morgan fingerprint density at radius 1 is 0.967 bits per heavy atom. The maximum Gasteiger partial charge on any atom is 0.261 e. The number of carbonyl (C=O) groups excluding carboxylic acids is 2. The Morgan fingerprint density at radius 2 is 1.60 bits per heavy atom. The van der Waals surface area contributed by atoms with Crippen LogP contribution in [0.1, 0.15) is 39.2 Å². The Balaban J connectivity index is 2.15. The van der Waals surface area contributed by atoms with Gasteiger partial charge in [-0.25, -0.2) is 0 Å². The number of carbonyl (C=O) groups is 2. The molecule has 0 aliphatic heterocycles. The van der Waals surface area contributed by atoms with Crippen LogP contribution in [-0.4, -0.2) is 42.5 Å². The van der Waals surface area contributed by atoms with Crippen molar-refractivity contribution in [2.75, 3.05) is 13.7 Å². The van der Waals surface area contributed by atoms with Crippen LogP contribution in [0.3, 0.4) is 0 Å². The fourth-order valence-electron chi connectivity index (χ4n) is 3.04. The fourth-order valence-corrected chi connectivity index (χ4v) is 3.04. The van der Waals surface area contributed by atoms with Crippen LogP contribution >= 0.6 is 0 Å². The molecule has 0 aliphatic rings. The minimum absolute atomic E-state index is 0.0516. The van der Waals surface area contributed by atoms with E-state index in [0.717, 1.165) is 12.0 Å². The lowest BCUT2D eigenvalue weighted by Gasteiger charge is -2.31. The molecule has 0 aromatic heterocycles. The minimum Gasteiger partial charge on any atom is -0.497 e. The lowest BCUT2D eigenvalue weighted by molar-refractivity contribution is -0.143. The van der Waals surface area contributed by atoms with Gasteiger partial charge in [0.05, 0.1) is 7.11 Å². The molecule has 0 bridgehead atoms. The second-order valence-electron chi connectivity index (χ2n) is 7.21. The number of hydrogen-bond donors (Lipinski definition) is 1. The first-order valence-corrected chi connectivity index (χ1v) is 10.4. The predicted octanol–water partition coefficient (Wildman–Crippen LogP) is 3.80. The van der Waals surface area contributed by atoms with Crippen LogP contribution in [0.4, 0.5) is 0 Å². The van der Waals surface area contributed by atoms with E-state index in [1.165, 1.54) is 0 Å². The normalized spacial score (nSPS) is 12.5. The molecule has 6 heteroatoms. The Kier molecular flexibility index (Phi) is 9.19. The van der Waals surface area contributed by atoms with Crippen molar-refractivity contribution in [2.45, 2.75) is 52.2 Å². The van der Waals surface area contributed by atoms with E-state index in [2.05, 4.69) is 5.32 Å². The van der Waals surface area contributed by atoms with E-state index in [1.807, 2.05) is 51.1 Å². The summed E-state index contributed by atoms with van der Waals surface area (Å²) in [6.07, 6.45) is 1.35. The van der Waals surface area contributed by atoms with Gasteiger partial charge in [-0.05, 0) is 49.6 Å². The molecule has 1 N–H and O–H groups in total. The molecule has 0 fully saturated rings. The molecule has 2 rings (SSSR count). The lowest BCUT2D eigenvalue weighted by atomic mass is 10.1. The topological polar surface area (TPSA) is 67.9 Å². The third kappa shape index (κ3) is 6.79. The average Bonchev–Trinajstić information content (AvgIpc) is 2.78. The van der Waals surface area contributed by atoms with Gasteiger partial charge in [0.2, 0.25) is 5.91 Å². The Labute approximate surface area is 179 Å². The molecule has 2 aromatic rings. The van der Waals surface area contributed by atoms with Crippen LogP contribution in [0, 0.1) is 0 Å². The standard InChI is InChI=1S/C24H32N2O4/c1-5-18(3)25-24(28)22(6-2)26(16-19-10-8-7-9-11-19)23(27)17-30-21-14-12-20(29-4)13-15-21/h7-15,18,22H,5-6,16-17H2,1-4H3,(H,25,28)/t18-,22-/m0/s1. The van der Waals surface area contributed by atoms with Crippen LogP contribution in [-0.2, 0) is 16.1 Å². The lowest BCUT2D eigenvalue weighted by Crippen LogP contribution is -2.51. The van der Waals surface area contributed by atoms with E-state index in [-0.39, 0.29) is 24.5 Å². The monoisotopic (exact) mass is 412 g/mol. The van der Waals surface area contributed by atoms with Gasteiger partial charge in [-0.1, -0.05) is 44.2 Å². The summed E-state index contributed by atoms with van der Waals surface area (Å²) in [7, 11) is 1.59. The van der Waals surface area contributed by atoms with Gasteiger partial charge in [0, 0.05) is 12.6 Å². The van der Waals surface area contributed by atoms with Gasteiger partial charge in [0.1, 0.15) is 17.5 Å². The quantitative estimate of drug-likeness (QED) is 0.610. The second kappa shape index (κ2) is 11.9. The van der Waals surface area contributed by atoms with Crippen LogP contribution in [0.2, 0.25) is 0 Å². The number of hydrogen-bond acceptors (Lipinski definition) is 4. The number of methoxy groups -OCH3 is 1. The Hall–Kier alpha value is -3.02. The van der Waals surface area contributed by atoms with Crippen LogP contribution < -0.4 is 14.8 Å². The Morgan fingerprint density at radius 3 is 2.17 bits per heavy atom. The van der Waals surface area contributed by atoms with Crippen molar-refractivity contribution in [3.63, 3.8) is 0 Å². The van der Waals surface area contributed by atoms with Crippen molar-refractivity contribution < 1.29 is 19.1 Å². The van der Waals surface area contributed by atoms with E-state index >= 15 is 0 Å². The van der Waals surface area contributed by atoms with Crippen molar-refractivity contribution in [2.24, 2.45) is 0 Å². The SMILES string of the molecule is CC[C@H](C)NC(=O)[C@H](CC)N(Cc1ccccc1)C(=O)COc1ccc(OC)cc1. The maximum absolute atomic E-state index is 13.1. The Bertz CT molecular complexity index is 793. The van der Waals surface area contributed by atoms with Gasteiger partial charge in [-0.3, -0.25) is 9.59 Å². The first-order chi connectivity index (χ1) is 14.5. The molecule has 0 saturated carbocycles. The number of amides is 2. The van der Waals surface area contributed by atoms with Crippen molar-refractivity contribution in [3.05, 3.63) is 60.2 Å². The average molecular weight is 413 g/mol. The second-order valence-corrected chi connectivity index (χ2v) is 7.21. The highest BCUT2D eigenvalue weighted by Gasteiger charge is 2.29. The summed E-state index contributed by atoms with van der Waals surface area (Å²) in [6, 6.07) is 16.2. The van der Waals surface area contributed by atoms with Gasteiger partial charge in [-0.15, -0.1) is 0 Å². The number of ether oxygens (including phenoxy) is 2. The molecule has 6 nitrogen and oxygen atoms in total. The molecule has 0 unspecified atom stereocenters. The van der Waals surface area contributed by atoms with E-state index in [4.69, 9.17) is 9.47 Å². The van der Waals surface area contributed by atoms with Crippen molar-refractivity contribution in [1.29, 1.82) is 0 Å². The first-order valence-electron chi connectivity index (χ1n) is 10.4. The maximum atomic E-state index is 13.1. The molecule has 2 amide bonds. The van der Waals surface area contributed by atoms with E-state index in [0.29, 0.717) is 24.5 Å². The summed E-state index contributed by atoms with van der Waals surface area (Å²) in [6.45, 7) is 6.09. The third-order valence-corrected chi connectivity index (χ3v) is 5.00. The van der Waals surface area contributed by atoms with E-state index < -0.39 is 6.04 Å².